The highest BCUT2D eigenvalue weighted by atomic mass is 16.5. The van der Waals surface area contributed by atoms with Crippen LogP contribution in [0.3, 0.4) is 0 Å². The quantitative estimate of drug-likeness (QED) is 0.612. The van der Waals surface area contributed by atoms with Gasteiger partial charge in [-0.1, -0.05) is 6.42 Å². The first-order chi connectivity index (χ1) is 14.5. The number of aromatic hydroxyl groups is 2. The lowest BCUT2D eigenvalue weighted by Gasteiger charge is -2.27. The Hall–Kier alpha value is -2.99. The lowest BCUT2D eigenvalue weighted by Crippen LogP contribution is -2.29. The van der Waals surface area contributed by atoms with Gasteiger partial charge >= 0.3 is 5.97 Å². The second-order valence-electron chi connectivity index (χ2n) is 7.84. The number of fused-ring (bicyclic) bond motifs is 1. The number of piperidine rings is 1. The van der Waals surface area contributed by atoms with Crippen molar-refractivity contribution < 1.29 is 19.7 Å². The Labute approximate surface area is 176 Å². The van der Waals surface area contributed by atoms with Crippen molar-refractivity contribution in [1.29, 1.82) is 0 Å². The molecule has 2 heterocycles. The van der Waals surface area contributed by atoms with Crippen LogP contribution in [0.2, 0.25) is 0 Å². The number of carbonyl (C=O) groups is 1. The zero-order valence-corrected chi connectivity index (χ0v) is 17.5. The number of hydrogen-bond acceptors (Lipinski definition) is 5. The number of carbonyl (C=O) groups excluding carboxylic acids is 1. The van der Waals surface area contributed by atoms with Crippen LogP contribution in [0.15, 0.2) is 36.4 Å². The third-order valence-electron chi connectivity index (χ3n) is 5.90. The smallest absolute Gasteiger partial charge is 0.340 e. The van der Waals surface area contributed by atoms with Gasteiger partial charge in [0.15, 0.2) is 0 Å². The molecule has 0 radical (unpaired) electrons. The number of aromatic nitrogens is 1. The summed E-state index contributed by atoms with van der Waals surface area (Å²) in [4.78, 5) is 15.4. The minimum absolute atomic E-state index is 0.165. The lowest BCUT2D eigenvalue weighted by molar-refractivity contribution is 0.0529. The molecule has 6 nitrogen and oxygen atoms in total. The van der Waals surface area contributed by atoms with Gasteiger partial charge in [-0.05, 0) is 74.8 Å². The maximum absolute atomic E-state index is 13.1. The monoisotopic (exact) mass is 408 g/mol. The average molecular weight is 408 g/mol. The summed E-state index contributed by atoms with van der Waals surface area (Å²) < 4.78 is 7.39. The highest BCUT2D eigenvalue weighted by molar-refractivity contribution is 6.12. The molecule has 0 aliphatic carbocycles. The third kappa shape index (κ3) is 3.63. The highest BCUT2D eigenvalue weighted by Crippen LogP contribution is 2.39. The molecule has 6 heteroatoms. The van der Waals surface area contributed by atoms with E-state index in [0.29, 0.717) is 17.8 Å². The zero-order chi connectivity index (χ0) is 21.3. The van der Waals surface area contributed by atoms with Gasteiger partial charge in [-0.25, -0.2) is 4.79 Å². The summed E-state index contributed by atoms with van der Waals surface area (Å²) in [6.07, 6.45) is 3.53. The molecule has 30 heavy (non-hydrogen) atoms. The van der Waals surface area contributed by atoms with E-state index in [1.165, 1.54) is 6.42 Å². The van der Waals surface area contributed by atoms with E-state index >= 15 is 0 Å². The van der Waals surface area contributed by atoms with Crippen molar-refractivity contribution in [3.8, 4) is 22.8 Å². The van der Waals surface area contributed by atoms with Crippen LogP contribution in [0.1, 0.15) is 42.1 Å². The predicted octanol–water partition coefficient (Wildman–Crippen LogP) is 4.42. The topological polar surface area (TPSA) is 74.9 Å². The molecule has 0 bridgehead atoms. The summed E-state index contributed by atoms with van der Waals surface area (Å²) >= 11 is 0. The third-order valence-corrected chi connectivity index (χ3v) is 5.90. The normalized spacial score (nSPS) is 14.9. The van der Waals surface area contributed by atoms with Crippen molar-refractivity contribution in [3.63, 3.8) is 0 Å². The van der Waals surface area contributed by atoms with Crippen LogP contribution >= 0.6 is 0 Å². The summed E-state index contributed by atoms with van der Waals surface area (Å²) in [6, 6.07) is 10.3. The van der Waals surface area contributed by atoms with Crippen LogP contribution in [0, 0.1) is 0 Å². The largest absolute Gasteiger partial charge is 0.508 e. The van der Waals surface area contributed by atoms with Crippen molar-refractivity contribution in [2.45, 2.75) is 32.7 Å². The Morgan fingerprint density at radius 1 is 1.03 bits per heavy atom. The van der Waals surface area contributed by atoms with Gasteiger partial charge in [0.2, 0.25) is 0 Å². The standard InChI is InChI=1S/C24H28N2O4/c1-3-30-24(29)22-21-18(15-26-13-5-4-6-14-26)20(28)12-11-19(21)25(2)23(22)16-7-9-17(27)10-8-16/h7-12,27-28H,3-6,13-15H2,1-2H3. The Morgan fingerprint density at radius 2 is 1.73 bits per heavy atom. The average Bonchev–Trinajstić information content (AvgIpc) is 3.04. The molecule has 0 unspecified atom stereocenters. The van der Waals surface area contributed by atoms with Crippen molar-refractivity contribution in [3.05, 3.63) is 47.5 Å². The number of esters is 1. The van der Waals surface area contributed by atoms with Crippen LogP contribution in [-0.4, -0.2) is 45.3 Å². The van der Waals surface area contributed by atoms with Gasteiger partial charge in [0.05, 0.1) is 17.9 Å². The molecule has 0 atom stereocenters. The number of likely N-dealkylation sites (tertiary alicyclic amines) is 1. The molecule has 2 N–H and O–H groups in total. The number of benzene rings is 2. The van der Waals surface area contributed by atoms with Crippen molar-refractivity contribution >= 4 is 16.9 Å². The molecule has 1 aromatic heterocycles. The molecule has 1 aliphatic heterocycles. The Kier molecular flexibility index (Phi) is 5.68. The van der Waals surface area contributed by atoms with Gasteiger partial charge in [0.1, 0.15) is 11.5 Å². The Balaban J connectivity index is 1.96. The van der Waals surface area contributed by atoms with E-state index in [-0.39, 0.29) is 18.1 Å². The van der Waals surface area contributed by atoms with E-state index < -0.39 is 5.97 Å². The van der Waals surface area contributed by atoms with E-state index in [9.17, 15) is 15.0 Å². The first-order valence-electron chi connectivity index (χ1n) is 10.5. The molecule has 3 aromatic rings. The zero-order valence-electron chi connectivity index (χ0n) is 17.5. The summed E-state index contributed by atoms with van der Waals surface area (Å²) in [5, 5.41) is 21.2. The number of rotatable bonds is 5. The molecule has 0 spiro atoms. The van der Waals surface area contributed by atoms with Crippen LogP contribution in [-0.2, 0) is 18.3 Å². The van der Waals surface area contributed by atoms with Crippen molar-refractivity contribution in [2.75, 3.05) is 19.7 Å². The van der Waals surface area contributed by atoms with Crippen LogP contribution in [0.4, 0.5) is 0 Å². The molecule has 2 aromatic carbocycles. The van der Waals surface area contributed by atoms with E-state index in [4.69, 9.17) is 4.74 Å². The Bertz CT molecular complexity index is 1060. The second-order valence-corrected chi connectivity index (χ2v) is 7.84. The first-order valence-corrected chi connectivity index (χ1v) is 10.5. The van der Waals surface area contributed by atoms with Crippen LogP contribution in [0.5, 0.6) is 11.5 Å². The molecule has 1 fully saturated rings. The number of ether oxygens (including phenoxy) is 1. The molecule has 4 rings (SSSR count). The van der Waals surface area contributed by atoms with Gasteiger partial charge < -0.3 is 19.5 Å². The van der Waals surface area contributed by atoms with Crippen molar-refractivity contribution in [1.82, 2.24) is 9.47 Å². The number of aryl methyl sites for hydroxylation is 1. The minimum atomic E-state index is -0.406. The van der Waals surface area contributed by atoms with Gasteiger partial charge in [-0.3, -0.25) is 4.90 Å². The number of hydrogen-bond donors (Lipinski definition) is 2. The molecular formula is C24H28N2O4. The summed E-state index contributed by atoms with van der Waals surface area (Å²) in [5.74, 6) is -0.0446. The molecule has 1 aliphatic rings. The van der Waals surface area contributed by atoms with E-state index in [2.05, 4.69) is 4.90 Å². The highest BCUT2D eigenvalue weighted by Gasteiger charge is 2.27. The fourth-order valence-electron chi connectivity index (χ4n) is 4.45. The summed E-state index contributed by atoms with van der Waals surface area (Å²) in [5.41, 5.74) is 3.61. The van der Waals surface area contributed by atoms with Crippen LogP contribution < -0.4 is 0 Å². The van der Waals surface area contributed by atoms with E-state index in [1.807, 2.05) is 17.7 Å². The van der Waals surface area contributed by atoms with Crippen LogP contribution in [0.25, 0.3) is 22.2 Å². The molecule has 1 saturated heterocycles. The van der Waals surface area contributed by atoms with E-state index in [1.54, 1.807) is 37.3 Å². The maximum atomic E-state index is 13.1. The van der Waals surface area contributed by atoms with Gasteiger partial charge in [-0.2, -0.15) is 0 Å². The summed E-state index contributed by atoms with van der Waals surface area (Å²) in [7, 11) is 1.91. The fourth-order valence-corrected chi connectivity index (χ4v) is 4.45. The Morgan fingerprint density at radius 3 is 2.40 bits per heavy atom. The molecule has 0 amide bonds. The minimum Gasteiger partial charge on any atom is -0.508 e. The molecule has 0 saturated carbocycles. The predicted molar refractivity (Wildman–Crippen MR) is 117 cm³/mol. The number of phenols is 2. The molecular weight excluding hydrogens is 380 g/mol. The SMILES string of the molecule is CCOC(=O)c1c(-c2ccc(O)cc2)n(C)c2ccc(O)c(CN3CCCCC3)c12. The number of phenolic OH excluding ortho intramolecular Hbond substituents is 2. The molecule has 158 valence electrons. The lowest BCUT2D eigenvalue weighted by atomic mass is 9.99. The van der Waals surface area contributed by atoms with Crippen molar-refractivity contribution in [2.24, 2.45) is 7.05 Å². The summed E-state index contributed by atoms with van der Waals surface area (Å²) in [6.45, 7) is 4.62. The maximum Gasteiger partial charge on any atom is 0.340 e. The van der Waals surface area contributed by atoms with Gasteiger partial charge in [0, 0.05) is 30.1 Å². The fraction of sp³-hybridized carbons (Fsp3) is 0.375. The van der Waals surface area contributed by atoms with Gasteiger partial charge in [-0.15, -0.1) is 0 Å². The second kappa shape index (κ2) is 8.40. The first kappa shape index (κ1) is 20.3. The van der Waals surface area contributed by atoms with Gasteiger partial charge in [0.25, 0.3) is 0 Å². The van der Waals surface area contributed by atoms with E-state index in [0.717, 1.165) is 48.0 Å². The number of nitrogens with zero attached hydrogens (tertiary/aromatic N) is 2.